The average molecular weight is 426 g/mol. The van der Waals surface area contributed by atoms with E-state index in [4.69, 9.17) is 16.3 Å². The van der Waals surface area contributed by atoms with Crippen LogP contribution in [0, 0.1) is 10.1 Å². The van der Waals surface area contributed by atoms with Crippen LogP contribution in [0.2, 0.25) is 5.02 Å². The van der Waals surface area contributed by atoms with E-state index in [-0.39, 0.29) is 53.2 Å². The van der Waals surface area contributed by atoms with Gasteiger partial charge in [0.2, 0.25) is 10.0 Å². The van der Waals surface area contributed by atoms with Gasteiger partial charge in [0.05, 0.1) is 23.2 Å². The molecular formula is C17H16ClN3O6S. The molecule has 3 rings (SSSR count). The van der Waals surface area contributed by atoms with E-state index in [0.29, 0.717) is 0 Å². The maximum absolute atomic E-state index is 12.8. The van der Waals surface area contributed by atoms with E-state index in [0.717, 1.165) is 0 Å². The van der Waals surface area contributed by atoms with Crippen molar-refractivity contribution in [3.63, 3.8) is 0 Å². The number of morpholine rings is 1. The lowest BCUT2D eigenvalue weighted by atomic mass is 10.1. The third-order valence-electron chi connectivity index (χ3n) is 4.12. The molecule has 148 valence electrons. The summed E-state index contributed by atoms with van der Waals surface area (Å²) in [5.74, 6) is -0.732. The van der Waals surface area contributed by atoms with Crippen LogP contribution >= 0.6 is 11.6 Å². The topological polar surface area (TPSA) is 119 Å². The summed E-state index contributed by atoms with van der Waals surface area (Å²) in [6.45, 7) is 0.965. The molecule has 28 heavy (non-hydrogen) atoms. The second-order valence-corrected chi connectivity index (χ2v) is 8.20. The molecule has 1 heterocycles. The van der Waals surface area contributed by atoms with Gasteiger partial charge in [0.15, 0.2) is 0 Å². The summed E-state index contributed by atoms with van der Waals surface area (Å²) in [4.78, 5) is 22.7. The number of rotatable bonds is 5. The first-order valence-corrected chi connectivity index (χ1v) is 10.0. The molecule has 0 saturated carbocycles. The number of nitrogens with zero attached hydrogens (tertiary/aromatic N) is 2. The SMILES string of the molecule is O=C(Nc1ccc(Cl)c(S(=O)(=O)N2CCOCC2)c1)c1ccccc1[N+](=O)[O-]. The number of hydrogen-bond donors (Lipinski definition) is 1. The number of para-hydroxylation sites is 1. The molecule has 1 amide bonds. The highest BCUT2D eigenvalue weighted by Crippen LogP contribution is 2.29. The number of sulfonamides is 1. The number of nitrogens with one attached hydrogen (secondary N) is 1. The molecule has 9 nitrogen and oxygen atoms in total. The lowest BCUT2D eigenvalue weighted by molar-refractivity contribution is -0.385. The zero-order valence-corrected chi connectivity index (χ0v) is 16.1. The summed E-state index contributed by atoms with van der Waals surface area (Å²) in [6.07, 6.45) is 0. The van der Waals surface area contributed by atoms with Crippen molar-refractivity contribution in [1.82, 2.24) is 4.31 Å². The zero-order chi connectivity index (χ0) is 20.3. The fourth-order valence-corrected chi connectivity index (χ4v) is 4.64. The van der Waals surface area contributed by atoms with Crippen LogP contribution in [0.3, 0.4) is 0 Å². The van der Waals surface area contributed by atoms with Crippen molar-refractivity contribution < 1.29 is 22.9 Å². The molecule has 1 saturated heterocycles. The van der Waals surface area contributed by atoms with E-state index in [2.05, 4.69) is 5.32 Å². The summed E-state index contributed by atoms with van der Waals surface area (Å²) in [5.41, 5.74) is -0.338. The number of halogens is 1. The Morgan fingerprint density at radius 2 is 1.86 bits per heavy atom. The molecule has 11 heteroatoms. The first-order chi connectivity index (χ1) is 13.3. The smallest absolute Gasteiger partial charge is 0.282 e. The van der Waals surface area contributed by atoms with Crippen molar-refractivity contribution >= 4 is 38.9 Å². The van der Waals surface area contributed by atoms with Gasteiger partial charge in [-0.25, -0.2) is 8.42 Å². The molecule has 0 atom stereocenters. The second kappa shape index (κ2) is 8.23. The Labute approximate surface area is 166 Å². The number of carbonyl (C=O) groups is 1. The van der Waals surface area contributed by atoms with Crippen molar-refractivity contribution in [2.24, 2.45) is 0 Å². The first-order valence-electron chi connectivity index (χ1n) is 8.23. The molecular weight excluding hydrogens is 410 g/mol. The molecule has 1 aliphatic heterocycles. The Morgan fingerprint density at radius 3 is 2.54 bits per heavy atom. The number of carbonyl (C=O) groups excluding carboxylic acids is 1. The molecule has 1 aliphatic rings. The monoisotopic (exact) mass is 425 g/mol. The summed E-state index contributed by atoms with van der Waals surface area (Å²) in [5, 5.41) is 13.6. The zero-order valence-electron chi connectivity index (χ0n) is 14.5. The third kappa shape index (κ3) is 4.14. The Bertz CT molecular complexity index is 1020. The van der Waals surface area contributed by atoms with Gasteiger partial charge in [0.1, 0.15) is 10.5 Å². The van der Waals surface area contributed by atoms with Gasteiger partial charge in [0, 0.05) is 24.8 Å². The number of hydrogen-bond acceptors (Lipinski definition) is 6. The van der Waals surface area contributed by atoms with Crippen molar-refractivity contribution in [3.8, 4) is 0 Å². The molecule has 2 aromatic rings. The number of nitro benzene ring substituents is 1. The number of nitro groups is 1. The fraction of sp³-hybridized carbons (Fsp3) is 0.235. The molecule has 0 aromatic heterocycles. The van der Waals surface area contributed by atoms with E-state index in [1.54, 1.807) is 0 Å². The fourth-order valence-electron chi connectivity index (χ4n) is 2.73. The predicted octanol–water partition coefficient (Wildman–Crippen LogP) is 2.52. The molecule has 0 aliphatic carbocycles. The Hall–Kier alpha value is -2.53. The molecule has 1 N–H and O–H groups in total. The van der Waals surface area contributed by atoms with Gasteiger partial charge in [-0.3, -0.25) is 14.9 Å². The molecule has 0 bridgehead atoms. The predicted molar refractivity (Wildman–Crippen MR) is 102 cm³/mol. The Kier molecular flexibility index (Phi) is 5.94. The van der Waals surface area contributed by atoms with Gasteiger partial charge in [-0.05, 0) is 24.3 Å². The van der Waals surface area contributed by atoms with Gasteiger partial charge < -0.3 is 10.1 Å². The lowest BCUT2D eigenvalue weighted by Crippen LogP contribution is -2.40. The van der Waals surface area contributed by atoms with Crippen molar-refractivity contribution in [2.75, 3.05) is 31.6 Å². The maximum atomic E-state index is 12.8. The minimum absolute atomic E-state index is 0.00943. The largest absolute Gasteiger partial charge is 0.379 e. The summed E-state index contributed by atoms with van der Waals surface area (Å²) < 4.78 is 32.1. The van der Waals surface area contributed by atoms with Crippen molar-refractivity contribution in [2.45, 2.75) is 4.90 Å². The normalized spacial score (nSPS) is 15.2. The Morgan fingerprint density at radius 1 is 1.18 bits per heavy atom. The quantitative estimate of drug-likeness (QED) is 0.580. The van der Waals surface area contributed by atoms with Gasteiger partial charge in [0.25, 0.3) is 11.6 Å². The highest BCUT2D eigenvalue weighted by atomic mass is 35.5. The summed E-state index contributed by atoms with van der Waals surface area (Å²) in [7, 11) is -3.88. The molecule has 1 fully saturated rings. The minimum atomic E-state index is -3.88. The van der Waals surface area contributed by atoms with Gasteiger partial charge >= 0.3 is 0 Å². The summed E-state index contributed by atoms with van der Waals surface area (Å²) >= 11 is 6.08. The standard InChI is InChI=1S/C17H16ClN3O6S/c18-14-6-5-12(11-16(14)28(25,26)20-7-9-27-10-8-20)19-17(22)13-3-1-2-4-15(13)21(23)24/h1-6,11H,7-10H2,(H,19,22). The summed E-state index contributed by atoms with van der Waals surface area (Å²) in [6, 6.07) is 9.49. The third-order valence-corrected chi connectivity index (χ3v) is 6.50. The van der Waals surface area contributed by atoms with Crippen LogP contribution < -0.4 is 5.32 Å². The van der Waals surface area contributed by atoms with E-state index in [1.165, 1.54) is 46.8 Å². The maximum Gasteiger partial charge on any atom is 0.282 e. The number of amides is 1. The van der Waals surface area contributed by atoms with Crippen LogP contribution in [-0.4, -0.2) is 49.9 Å². The number of anilines is 1. The number of benzene rings is 2. The van der Waals surface area contributed by atoms with Crippen LogP contribution in [0.5, 0.6) is 0 Å². The van der Waals surface area contributed by atoms with E-state index in [9.17, 15) is 23.3 Å². The van der Waals surface area contributed by atoms with Crippen LogP contribution in [-0.2, 0) is 14.8 Å². The van der Waals surface area contributed by atoms with Crippen LogP contribution in [0.4, 0.5) is 11.4 Å². The van der Waals surface area contributed by atoms with Gasteiger partial charge in [-0.15, -0.1) is 0 Å². The molecule has 0 unspecified atom stereocenters. The second-order valence-electron chi connectivity index (χ2n) is 5.89. The van der Waals surface area contributed by atoms with Crippen LogP contribution in [0.15, 0.2) is 47.4 Å². The molecule has 0 radical (unpaired) electrons. The van der Waals surface area contributed by atoms with Crippen LogP contribution in [0.25, 0.3) is 0 Å². The molecule has 2 aromatic carbocycles. The highest BCUT2D eigenvalue weighted by Gasteiger charge is 2.29. The van der Waals surface area contributed by atoms with Crippen molar-refractivity contribution in [1.29, 1.82) is 0 Å². The minimum Gasteiger partial charge on any atom is -0.379 e. The van der Waals surface area contributed by atoms with Gasteiger partial charge in [-0.1, -0.05) is 23.7 Å². The van der Waals surface area contributed by atoms with E-state index < -0.39 is 20.9 Å². The molecule has 0 spiro atoms. The highest BCUT2D eigenvalue weighted by molar-refractivity contribution is 7.89. The first kappa shape index (κ1) is 20.2. The average Bonchev–Trinajstić information content (AvgIpc) is 2.70. The van der Waals surface area contributed by atoms with Gasteiger partial charge in [-0.2, -0.15) is 4.31 Å². The van der Waals surface area contributed by atoms with Crippen LogP contribution in [0.1, 0.15) is 10.4 Å². The Balaban J connectivity index is 1.90. The lowest BCUT2D eigenvalue weighted by Gasteiger charge is -2.26. The van der Waals surface area contributed by atoms with Crippen molar-refractivity contribution in [3.05, 3.63) is 63.2 Å². The van der Waals surface area contributed by atoms with E-state index in [1.807, 2.05) is 0 Å². The number of ether oxygens (including phenoxy) is 1. The van der Waals surface area contributed by atoms with E-state index >= 15 is 0 Å².